The molecule has 3 aromatic rings. The summed E-state index contributed by atoms with van der Waals surface area (Å²) >= 11 is 6.01. The van der Waals surface area contributed by atoms with E-state index in [1.54, 1.807) is 4.53 Å². The first kappa shape index (κ1) is 17.2. The Kier molecular flexibility index (Phi) is 5.22. The third kappa shape index (κ3) is 3.41. The molecule has 1 unspecified atom stereocenters. The van der Waals surface area contributed by atoms with Crippen molar-refractivity contribution in [2.75, 3.05) is 5.75 Å². The fraction of sp³-hybridized carbons (Fsp3) is 0.143. The number of rotatable bonds is 4. The summed E-state index contributed by atoms with van der Waals surface area (Å²) in [4.78, 5) is 1.48. The molecule has 4 heteroatoms. The summed E-state index contributed by atoms with van der Waals surface area (Å²) in [6, 6.07) is 26.7. The molecule has 126 valence electrons. The molecule has 25 heavy (non-hydrogen) atoms. The summed E-state index contributed by atoms with van der Waals surface area (Å²) < 4.78 is 2.13. The maximum absolute atomic E-state index is 2.51. The summed E-state index contributed by atoms with van der Waals surface area (Å²) in [6.45, 7) is 2.51. The molecule has 0 aliphatic carbocycles. The van der Waals surface area contributed by atoms with Crippen molar-refractivity contribution in [3.8, 4) is 0 Å². The fourth-order valence-electron chi connectivity index (χ4n) is 3.29. The van der Waals surface area contributed by atoms with Crippen LogP contribution in [-0.4, -0.2) is 13.8 Å². The Bertz CT molecular complexity index is 802. The van der Waals surface area contributed by atoms with Crippen LogP contribution in [0.25, 0.3) is 0 Å². The van der Waals surface area contributed by atoms with Gasteiger partial charge in [-0.25, -0.2) is 0 Å². The van der Waals surface area contributed by atoms with Crippen molar-refractivity contribution in [2.24, 2.45) is 0 Å². The molecule has 0 nitrogen and oxygen atoms in total. The van der Waals surface area contributed by atoms with E-state index in [1.165, 1.54) is 15.3 Å². The van der Waals surface area contributed by atoms with Crippen LogP contribution in [0.5, 0.6) is 0 Å². The molecule has 2 heterocycles. The van der Waals surface area contributed by atoms with Gasteiger partial charge < -0.3 is 0 Å². The molecular formula is C21H20S3Si. The minimum Gasteiger partial charge on any atom is -0.147 e. The lowest BCUT2D eigenvalue weighted by atomic mass is 10.4. The van der Waals surface area contributed by atoms with E-state index in [0.717, 1.165) is 5.75 Å². The van der Waals surface area contributed by atoms with Crippen LogP contribution in [0.2, 0.25) is 6.55 Å². The van der Waals surface area contributed by atoms with Gasteiger partial charge in [-0.1, -0.05) is 79.4 Å². The Morgan fingerprint density at radius 2 is 1.48 bits per heavy atom. The zero-order valence-corrected chi connectivity index (χ0v) is 17.5. The average Bonchev–Trinajstić information content (AvgIpc) is 3.24. The van der Waals surface area contributed by atoms with Crippen molar-refractivity contribution in [1.82, 2.24) is 0 Å². The summed E-state index contributed by atoms with van der Waals surface area (Å²) in [6.07, 6.45) is 2.49. The minimum absolute atomic E-state index is 0.527. The van der Waals surface area contributed by atoms with E-state index in [-0.39, 0.29) is 0 Å². The van der Waals surface area contributed by atoms with Crippen LogP contribution in [0, 0.1) is 0 Å². The second kappa shape index (κ2) is 7.58. The predicted octanol–water partition coefficient (Wildman–Crippen LogP) is 5.54. The highest BCUT2D eigenvalue weighted by Gasteiger charge is 2.39. The lowest BCUT2D eigenvalue weighted by Crippen LogP contribution is -2.57. The highest BCUT2D eigenvalue weighted by Crippen LogP contribution is 2.50. The standard InChI is InChI=1S/C21H20S3Si/c1-25(17-9-4-2-5-10-17,18-11-6-3-7-12-18)20-14-16-23-21(24-20)19-13-8-15-22-19/h2-15,21H,16H2,1H3. The number of thiophene rings is 1. The van der Waals surface area contributed by atoms with Crippen molar-refractivity contribution in [1.29, 1.82) is 0 Å². The van der Waals surface area contributed by atoms with Gasteiger partial charge in [0.05, 0.1) is 4.58 Å². The minimum atomic E-state index is -1.94. The van der Waals surface area contributed by atoms with Crippen molar-refractivity contribution in [2.45, 2.75) is 11.1 Å². The Hall–Kier alpha value is -1.20. The van der Waals surface area contributed by atoms with Crippen LogP contribution in [-0.2, 0) is 0 Å². The van der Waals surface area contributed by atoms with Crippen LogP contribution >= 0.6 is 34.9 Å². The average molecular weight is 397 g/mol. The Morgan fingerprint density at radius 3 is 2.04 bits per heavy atom. The molecule has 1 aromatic heterocycles. The third-order valence-corrected chi connectivity index (χ3v) is 14.2. The zero-order valence-electron chi connectivity index (χ0n) is 14.1. The summed E-state index contributed by atoms with van der Waals surface area (Å²) in [7, 11) is -1.94. The summed E-state index contributed by atoms with van der Waals surface area (Å²) in [5.74, 6) is 1.10. The van der Waals surface area contributed by atoms with Gasteiger partial charge in [-0.2, -0.15) is 0 Å². The molecule has 0 amide bonds. The first-order chi connectivity index (χ1) is 12.3. The SMILES string of the molecule is C[Si](C1=CCSC(c2cccs2)S1)(c1ccccc1)c1ccccc1. The number of hydrogen-bond acceptors (Lipinski definition) is 3. The van der Waals surface area contributed by atoms with Gasteiger partial charge in [-0.3, -0.25) is 0 Å². The van der Waals surface area contributed by atoms with Gasteiger partial charge in [-0.05, 0) is 26.3 Å². The summed E-state index contributed by atoms with van der Waals surface area (Å²) in [5, 5.41) is 5.19. The van der Waals surface area contributed by atoms with E-state index < -0.39 is 8.07 Å². The molecule has 0 fully saturated rings. The van der Waals surface area contributed by atoms with Gasteiger partial charge in [0.2, 0.25) is 0 Å². The van der Waals surface area contributed by atoms with Crippen LogP contribution < -0.4 is 10.4 Å². The van der Waals surface area contributed by atoms with E-state index in [4.69, 9.17) is 0 Å². The number of hydrogen-bond donors (Lipinski definition) is 0. The van der Waals surface area contributed by atoms with Crippen LogP contribution in [0.4, 0.5) is 0 Å². The molecule has 0 N–H and O–H groups in total. The molecule has 0 spiro atoms. The third-order valence-electron chi connectivity index (χ3n) is 4.72. The van der Waals surface area contributed by atoms with E-state index in [9.17, 15) is 0 Å². The molecule has 0 bridgehead atoms. The van der Waals surface area contributed by atoms with Gasteiger partial charge in [0.1, 0.15) is 0 Å². The smallest absolute Gasteiger partial charge is 0.147 e. The second-order valence-corrected chi connectivity index (χ2v) is 14.1. The predicted molar refractivity (Wildman–Crippen MR) is 119 cm³/mol. The maximum Gasteiger partial charge on any atom is 0.152 e. The highest BCUT2D eigenvalue weighted by molar-refractivity contribution is 8.20. The first-order valence-electron chi connectivity index (χ1n) is 8.42. The molecule has 2 aromatic carbocycles. The second-order valence-electron chi connectivity index (χ2n) is 6.22. The summed E-state index contributed by atoms with van der Waals surface area (Å²) in [5.41, 5.74) is 0. The van der Waals surface area contributed by atoms with Crippen molar-refractivity contribution in [3.05, 3.63) is 93.7 Å². The van der Waals surface area contributed by atoms with Gasteiger partial charge in [0.25, 0.3) is 0 Å². The van der Waals surface area contributed by atoms with E-state index in [0.29, 0.717) is 4.58 Å². The molecule has 1 aliphatic rings. The van der Waals surface area contributed by atoms with Crippen LogP contribution in [0.15, 0.2) is 88.8 Å². The van der Waals surface area contributed by atoms with Crippen LogP contribution in [0.3, 0.4) is 0 Å². The van der Waals surface area contributed by atoms with Crippen molar-refractivity contribution >= 4 is 53.3 Å². The monoisotopic (exact) mass is 396 g/mol. The van der Waals surface area contributed by atoms with Crippen molar-refractivity contribution in [3.63, 3.8) is 0 Å². The van der Waals surface area contributed by atoms with Gasteiger partial charge in [0, 0.05) is 10.6 Å². The number of benzene rings is 2. The van der Waals surface area contributed by atoms with E-state index >= 15 is 0 Å². The maximum atomic E-state index is 2.51. The molecular weight excluding hydrogens is 377 g/mol. The quantitative estimate of drug-likeness (QED) is 0.531. The Labute approximate surface area is 163 Å². The van der Waals surface area contributed by atoms with Crippen molar-refractivity contribution < 1.29 is 0 Å². The first-order valence-corrected chi connectivity index (χ1v) is 13.7. The number of thioether (sulfide) groups is 2. The fourth-order valence-corrected chi connectivity index (χ4v) is 12.3. The lowest BCUT2D eigenvalue weighted by Gasteiger charge is -2.35. The largest absolute Gasteiger partial charge is 0.152 e. The van der Waals surface area contributed by atoms with Gasteiger partial charge >= 0.3 is 0 Å². The normalized spacial score (nSPS) is 18.0. The molecule has 1 aliphatic heterocycles. The molecule has 1 atom stereocenters. The Morgan fingerprint density at radius 1 is 0.840 bits per heavy atom. The lowest BCUT2D eigenvalue weighted by molar-refractivity contribution is 1.47. The van der Waals surface area contributed by atoms with Gasteiger partial charge in [-0.15, -0.1) is 34.9 Å². The molecule has 0 radical (unpaired) electrons. The Balaban J connectivity index is 1.78. The van der Waals surface area contributed by atoms with E-state index in [1.807, 2.05) is 11.3 Å². The molecule has 4 rings (SSSR count). The van der Waals surface area contributed by atoms with Crippen LogP contribution in [0.1, 0.15) is 9.46 Å². The highest BCUT2D eigenvalue weighted by atomic mass is 32.2. The zero-order chi connectivity index (χ0) is 17.1. The van der Waals surface area contributed by atoms with E-state index in [2.05, 4.69) is 114 Å². The molecule has 0 saturated heterocycles. The van der Waals surface area contributed by atoms with Gasteiger partial charge in [0.15, 0.2) is 8.07 Å². The molecule has 0 saturated carbocycles. The topological polar surface area (TPSA) is 0 Å².